The van der Waals surface area contributed by atoms with E-state index in [2.05, 4.69) is 25.6 Å². The number of hydrogen-bond acceptors (Lipinski definition) is 1. The van der Waals surface area contributed by atoms with Gasteiger partial charge in [0.05, 0.1) is 0 Å². The van der Waals surface area contributed by atoms with Gasteiger partial charge < -0.3 is 4.43 Å². The van der Waals surface area contributed by atoms with Gasteiger partial charge in [-0.05, 0) is 38.8 Å². The summed E-state index contributed by atoms with van der Waals surface area (Å²) in [5.74, 6) is 2.97. The molecule has 0 radical (unpaired) electrons. The third kappa shape index (κ3) is 4.69. The fraction of sp³-hybridized carbons (Fsp3) is 0.733. The molecule has 1 nitrogen and oxygen atoms in total. The standard InChI is InChI=1S/C15H26OSi/c1-5-15(16-17(3,4)6-2)13-11-9-7-8-10-12-14-15/h1,6H,2,7-14H2,3-4H3. The fourth-order valence-corrected chi connectivity index (χ4v) is 3.83. The molecule has 0 N–H and O–H groups in total. The van der Waals surface area contributed by atoms with Gasteiger partial charge in [-0.2, -0.15) is 0 Å². The molecule has 0 aromatic rings. The van der Waals surface area contributed by atoms with Crippen LogP contribution in [0.25, 0.3) is 0 Å². The Morgan fingerprint density at radius 2 is 1.59 bits per heavy atom. The van der Waals surface area contributed by atoms with Gasteiger partial charge in [-0.3, -0.25) is 0 Å². The highest BCUT2D eigenvalue weighted by Crippen LogP contribution is 2.31. The first-order valence-electron chi connectivity index (χ1n) is 6.85. The first-order valence-corrected chi connectivity index (χ1v) is 9.84. The summed E-state index contributed by atoms with van der Waals surface area (Å²) >= 11 is 0. The average Bonchev–Trinajstić information content (AvgIpc) is 2.41. The molecule has 1 aliphatic rings. The van der Waals surface area contributed by atoms with Crippen LogP contribution in [0.4, 0.5) is 0 Å². The molecule has 1 rings (SSSR count). The Bertz CT molecular complexity index is 278. The highest BCUT2D eigenvalue weighted by molar-refractivity contribution is 6.76. The summed E-state index contributed by atoms with van der Waals surface area (Å²) in [6, 6.07) is 0. The Kier molecular flexibility index (Phi) is 5.49. The zero-order chi connectivity index (χ0) is 12.8. The summed E-state index contributed by atoms with van der Waals surface area (Å²) in [6.07, 6.45) is 15.5. The molecular weight excluding hydrogens is 224 g/mol. The molecule has 0 unspecified atom stereocenters. The molecule has 0 heterocycles. The first kappa shape index (κ1) is 14.5. The Morgan fingerprint density at radius 1 is 1.12 bits per heavy atom. The second-order valence-electron chi connectivity index (χ2n) is 5.67. The molecule has 0 aromatic carbocycles. The highest BCUT2D eigenvalue weighted by atomic mass is 28.4. The lowest BCUT2D eigenvalue weighted by atomic mass is 9.93. The predicted octanol–water partition coefficient (Wildman–Crippen LogP) is 4.44. The van der Waals surface area contributed by atoms with E-state index in [-0.39, 0.29) is 5.60 Å². The van der Waals surface area contributed by atoms with Gasteiger partial charge in [-0.25, -0.2) is 0 Å². The summed E-state index contributed by atoms with van der Waals surface area (Å²) in [5.41, 5.74) is 1.67. The minimum Gasteiger partial charge on any atom is -0.397 e. The maximum atomic E-state index is 6.34. The summed E-state index contributed by atoms with van der Waals surface area (Å²) in [7, 11) is -1.79. The van der Waals surface area contributed by atoms with Crippen molar-refractivity contribution in [3.63, 3.8) is 0 Å². The molecule has 0 bridgehead atoms. The summed E-state index contributed by atoms with van der Waals surface area (Å²) in [4.78, 5) is 0. The van der Waals surface area contributed by atoms with Gasteiger partial charge in [-0.15, -0.1) is 13.0 Å². The van der Waals surface area contributed by atoms with Crippen molar-refractivity contribution in [1.82, 2.24) is 0 Å². The molecular formula is C15H26OSi. The van der Waals surface area contributed by atoms with E-state index in [1.807, 2.05) is 5.70 Å². The lowest BCUT2D eigenvalue weighted by Gasteiger charge is -2.35. The van der Waals surface area contributed by atoms with Gasteiger partial charge in [0.25, 0.3) is 0 Å². The van der Waals surface area contributed by atoms with Crippen molar-refractivity contribution in [1.29, 1.82) is 0 Å². The lowest BCUT2D eigenvalue weighted by Crippen LogP contribution is -2.42. The second-order valence-corrected chi connectivity index (χ2v) is 9.49. The Labute approximate surface area is 108 Å². The third-order valence-corrected chi connectivity index (χ3v) is 5.52. The van der Waals surface area contributed by atoms with E-state index < -0.39 is 8.32 Å². The summed E-state index contributed by atoms with van der Waals surface area (Å²) < 4.78 is 6.34. The fourth-order valence-electron chi connectivity index (χ4n) is 2.47. The quantitative estimate of drug-likeness (QED) is 0.531. The van der Waals surface area contributed by atoms with Crippen molar-refractivity contribution < 1.29 is 4.43 Å². The van der Waals surface area contributed by atoms with Crippen LogP contribution in [0.2, 0.25) is 13.1 Å². The molecule has 1 fully saturated rings. The molecule has 96 valence electrons. The highest BCUT2D eigenvalue weighted by Gasteiger charge is 2.34. The number of rotatable bonds is 3. The van der Waals surface area contributed by atoms with Crippen molar-refractivity contribution in [3.8, 4) is 12.3 Å². The van der Waals surface area contributed by atoms with Crippen LogP contribution in [0.3, 0.4) is 0 Å². The van der Waals surface area contributed by atoms with Crippen molar-refractivity contribution >= 4 is 8.32 Å². The van der Waals surface area contributed by atoms with Crippen LogP contribution in [0.15, 0.2) is 12.3 Å². The van der Waals surface area contributed by atoms with Crippen molar-refractivity contribution in [3.05, 3.63) is 12.3 Å². The van der Waals surface area contributed by atoms with Gasteiger partial charge in [0.1, 0.15) is 5.60 Å². The van der Waals surface area contributed by atoms with Crippen molar-refractivity contribution in [2.45, 2.75) is 70.1 Å². The van der Waals surface area contributed by atoms with Crippen LogP contribution < -0.4 is 0 Å². The van der Waals surface area contributed by atoms with E-state index >= 15 is 0 Å². The Hall–Kier alpha value is -0.523. The molecule has 17 heavy (non-hydrogen) atoms. The lowest BCUT2D eigenvalue weighted by molar-refractivity contribution is 0.0999. The van der Waals surface area contributed by atoms with E-state index in [4.69, 9.17) is 10.8 Å². The van der Waals surface area contributed by atoms with E-state index in [0.717, 1.165) is 12.8 Å². The largest absolute Gasteiger partial charge is 0.397 e. The Balaban J connectivity index is 2.75. The van der Waals surface area contributed by atoms with E-state index in [9.17, 15) is 0 Å². The SMILES string of the molecule is C#CC1(O[Si](C)(C)C=C)CCCCCCCC1. The van der Waals surface area contributed by atoms with Crippen LogP contribution in [-0.4, -0.2) is 13.9 Å². The summed E-state index contributed by atoms with van der Waals surface area (Å²) in [6.45, 7) is 8.24. The molecule has 0 amide bonds. The molecule has 2 heteroatoms. The van der Waals surface area contributed by atoms with Crippen LogP contribution >= 0.6 is 0 Å². The van der Waals surface area contributed by atoms with Crippen molar-refractivity contribution in [2.24, 2.45) is 0 Å². The Morgan fingerprint density at radius 3 is 2.00 bits per heavy atom. The minimum atomic E-state index is -1.79. The van der Waals surface area contributed by atoms with E-state index in [1.54, 1.807) is 0 Å². The molecule has 1 aliphatic carbocycles. The van der Waals surface area contributed by atoms with Crippen molar-refractivity contribution in [2.75, 3.05) is 0 Å². The molecule has 0 spiro atoms. The van der Waals surface area contributed by atoms with Gasteiger partial charge in [0.15, 0.2) is 0 Å². The van der Waals surface area contributed by atoms with Gasteiger partial charge in [0.2, 0.25) is 8.32 Å². The first-order chi connectivity index (χ1) is 8.04. The van der Waals surface area contributed by atoms with Gasteiger partial charge in [0, 0.05) is 0 Å². The number of terminal acetylenes is 1. The maximum Gasteiger partial charge on any atom is 0.212 e. The molecule has 0 aliphatic heterocycles. The van der Waals surface area contributed by atoms with Crippen LogP contribution in [0.1, 0.15) is 51.4 Å². The zero-order valence-corrected chi connectivity index (χ0v) is 12.4. The summed E-state index contributed by atoms with van der Waals surface area (Å²) in [5, 5.41) is 0. The van der Waals surface area contributed by atoms with Gasteiger partial charge in [-0.1, -0.05) is 37.3 Å². The van der Waals surface area contributed by atoms with Crippen LogP contribution in [0, 0.1) is 12.3 Å². The molecule has 0 aromatic heterocycles. The van der Waals surface area contributed by atoms with Crippen LogP contribution in [0.5, 0.6) is 0 Å². The maximum absolute atomic E-state index is 6.34. The van der Waals surface area contributed by atoms with Crippen LogP contribution in [-0.2, 0) is 4.43 Å². The van der Waals surface area contributed by atoms with E-state index in [1.165, 1.54) is 38.5 Å². The molecule has 1 saturated carbocycles. The topological polar surface area (TPSA) is 9.23 Å². The van der Waals surface area contributed by atoms with E-state index in [0.29, 0.717) is 0 Å². The minimum absolute atomic E-state index is 0.311. The smallest absolute Gasteiger partial charge is 0.212 e. The predicted molar refractivity (Wildman–Crippen MR) is 77.3 cm³/mol. The second kappa shape index (κ2) is 6.42. The molecule has 0 atom stereocenters. The monoisotopic (exact) mass is 250 g/mol. The number of hydrogen-bond donors (Lipinski definition) is 0. The van der Waals surface area contributed by atoms with Gasteiger partial charge >= 0.3 is 0 Å². The average molecular weight is 250 g/mol. The zero-order valence-electron chi connectivity index (χ0n) is 11.4. The molecule has 0 saturated heterocycles. The third-order valence-electron chi connectivity index (χ3n) is 3.62. The normalized spacial score (nSPS) is 21.7.